The van der Waals surface area contributed by atoms with Gasteiger partial charge in [-0.25, -0.2) is 0 Å². The number of rotatable bonds is 7. The summed E-state index contributed by atoms with van der Waals surface area (Å²) in [6.07, 6.45) is 6.39. The van der Waals surface area contributed by atoms with Crippen LogP contribution in [0, 0.1) is 0 Å². The molecule has 1 atom stereocenters. The standard InChI is InChI=1S/C13H29N3/c1-5-7-12(14)10-16(4)11-13(15(2)3)8-6-9-13/h12H,5-11,14H2,1-4H3. The van der Waals surface area contributed by atoms with Crippen LogP contribution in [0.25, 0.3) is 0 Å². The molecule has 16 heavy (non-hydrogen) atoms. The number of hydrogen-bond acceptors (Lipinski definition) is 3. The van der Waals surface area contributed by atoms with Crippen molar-refractivity contribution >= 4 is 0 Å². The first-order valence-electron chi connectivity index (χ1n) is 6.62. The van der Waals surface area contributed by atoms with Gasteiger partial charge in [0.25, 0.3) is 0 Å². The van der Waals surface area contributed by atoms with E-state index in [1.165, 1.54) is 25.7 Å². The fourth-order valence-electron chi connectivity index (χ4n) is 2.76. The maximum atomic E-state index is 6.08. The molecule has 3 heteroatoms. The maximum absolute atomic E-state index is 6.08. The summed E-state index contributed by atoms with van der Waals surface area (Å²) in [6, 6.07) is 0.342. The lowest BCUT2D eigenvalue weighted by Gasteiger charge is -2.49. The van der Waals surface area contributed by atoms with E-state index in [0.717, 1.165) is 19.5 Å². The minimum absolute atomic E-state index is 0.342. The quantitative estimate of drug-likeness (QED) is 0.716. The lowest BCUT2D eigenvalue weighted by atomic mass is 9.75. The van der Waals surface area contributed by atoms with E-state index in [1.807, 2.05) is 0 Å². The van der Waals surface area contributed by atoms with Gasteiger partial charge in [-0.3, -0.25) is 0 Å². The second-order valence-electron chi connectivity index (χ2n) is 5.72. The van der Waals surface area contributed by atoms with Gasteiger partial charge in [0.05, 0.1) is 0 Å². The molecule has 0 amide bonds. The summed E-state index contributed by atoms with van der Waals surface area (Å²) < 4.78 is 0. The van der Waals surface area contributed by atoms with Crippen molar-refractivity contribution in [2.45, 2.75) is 50.6 Å². The Hall–Kier alpha value is -0.120. The highest BCUT2D eigenvalue weighted by Crippen LogP contribution is 2.36. The van der Waals surface area contributed by atoms with Crippen molar-refractivity contribution in [3.63, 3.8) is 0 Å². The predicted octanol–water partition coefficient (Wildman–Crippen LogP) is 1.53. The smallest absolute Gasteiger partial charge is 0.0330 e. The Balaban J connectivity index is 2.35. The number of hydrogen-bond donors (Lipinski definition) is 1. The summed E-state index contributed by atoms with van der Waals surface area (Å²) in [5.74, 6) is 0. The molecule has 1 aliphatic carbocycles. The van der Waals surface area contributed by atoms with Crippen molar-refractivity contribution in [1.29, 1.82) is 0 Å². The van der Waals surface area contributed by atoms with Crippen LogP contribution in [0.2, 0.25) is 0 Å². The third-order valence-electron chi connectivity index (χ3n) is 4.00. The monoisotopic (exact) mass is 227 g/mol. The highest BCUT2D eigenvalue weighted by Gasteiger charge is 2.39. The zero-order valence-corrected chi connectivity index (χ0v) is 11.5. The van der Waals surface area contributed by atoms with Crippen molar-refractivity contribution in [3.8, 4) is 0 Å². The second-order valence-corrected chi connectivity index (χ2v) is 5.72. The normalized spacial score (nSPS) is 21.2. The summed E-state index contributed by atoms with van der Waals surface area (Å²) in [5.41, 5.74) is 6.52. The van der Waals surface area contributed by atoms with Gasteiger partial charge in [-0.15, -0.1) is 0 Å². The molecule has 3 nitrogen and oxygen atoms in total. The molecule has 0 bridgehead atoms. The summed E-state index contributed by atoms with van der Waals surface area (Å²) in [4.78, 5) is 4.82. The summed E-state index contributed by atoms with van der Waals surface area (Å²) in [5, 5.41) is 0. The first-order valence-corrected chi connectivity index (χ1v) is 6.62. The SMILES string of the molecule is CCCC(N)CN(C)CC1(N(C)C)CCC1. The summed E-state index contributed by atoms with van der Waals surface area (Å²) >= 11 is 0. The number of nitrogens with two attached hydrogens (primary N) is 1. The minimum Gasteiger partial charge on any atom is -0.327 e. The highest BCUT2D eigenvalue weighted by molar-refractivity contribution is 4.98. The molecule has 0 aromatic carbocycles. The van der Waals surface area contributed by atoms with Gasteiger partial charge in [-0.05, 0) is 46.8 Å². The highest BCUT2D eigenvalue weighted by atomic mass is 15.2. The largest absolute Gasteiger partial charge is 0.327 e. The van der Waals surface area contributed by atoms with Gasteiger partial charge in [-0.1, -0.05) is 13.3 Å². The van der Waals surface area contributed by atoms with E-state index in [0.29, 0.717) is 11.6 Å². The molecular weight excluding hydrogens is 198 g/mol. The molecule has 1 saturated carbocycles. The molecule has 2 N–H and O–H groups in total. The molecule has 1 unspecified atom stereocenters. The number of likely N-dealkylation sites (N-methyl/N-ethyl adjacent to an activating group) is 2. The van der Waals surface area contributed by atoms with Crippen LogP contribution in [0.5, 0.6) is 0 Å². The Labute approximate surface area is 101 Å². The van der Waals surface area contributed by atoms with Crippen molar-refractivity contribution in [3.05, 3.63) is 0 Å². The Morgan fingerprint density at radius 1 is 1.25 bits per heavy atom. The maximum Gasteiger partial charge on any atom is 0.0330 e. The van der Waals surface area contributed by atoms with Gasteiger partial charge in [0.1, 0.15) is 0 Å². The van der Waals surface area contributed by atoms with Gasteiger partial charge in [0, 0.05) is 24.7 Å². The fraction of sp³-hybridized carbons (Fsp3) is 1.00. The first kappa shape index (κ1) is 13.9. The molecule has 1 fully saturated rings. The van der Waals surface area contributed by atoms with Crippen molar-refractivity contribution in [2.75, 3.05) is 34.2 Å². The number of nitrogens with zero attached hydrogens (tertiary/aromatic N) is 2. The van der Waals surface area contributed by atoms with Crippen LogP contribution in [0.4, 0.5) is 0 Å². The first-order chi connectivity index (χ1) is 7.50. The second kappa shape index (κ2) is 5.99. The molecule has 0 saturated heterocycles. The van der Waals surface area contributed by atoms with Crippen LogP contribution in [0.1, 0.15) is 39.0 Å². The molecular formula is C13H29N3. The van der Waals surface area contributed by atoms with Crippen LogP contribution in [0.3, 0.4) is 0 Å². The van der Waals surface area contributed by atoms with E-state index < -0.39 is 0 Å². The van der Waals surface area contributed by atoms with Crippen LogP contribution in [0.15, 0.2) is 0 Å². The third kappa shape index (κ3) is 3.44. The lowest BCUT2D eigenvalue weighted by molar-refractivity contribution is 0.0264. The average Bonchev–Trinajstić information content (AvgIpc) is 2.10. The van der Waals surface area contributed by atoms with Crippen LogP contribution in [-0.2, 0) is 0 Å². The fourth-order valence-corrected chi connectivity index (χ4v) is 2.76. The van der Waals surface area contributed by atoms with E-state index >= 15 is 0 Å². The molecule has 0 aliphatic heterocycles. The molecule has 0 heterocycles. The van der Waals surface area contributed by atoms with Crippen LogP contribution >= 0.6 is 0 Å². The van der Waals surface area contributed by atoms with Crippen LogP contribution in [-0.4, -0.2) is 55.6 Å². The van der Waals surface area contributed by atoms with Crippen molar-refractivity contribution < 1.29 is 0 Å². The van der Waals surface area contributed by atoms with Gasteiger partial charge in [0.15, 0.2) is 0 Å². The van der Waals surface area contributed by atoms with Crippen molar-refractivity contribution in [1.82, 2.24) is 9.80 Å². The lowest BCUT2D eigenvalue weighted by Crippen LogP contribution is -2.57. The zero-order chi connectivity index (χ0) is 12.2. The van der Waals surface area contributed by atoms with Gasteiger partial charge in [0.2, 0.25) is 0 Å². The van der Waals surface area contributed by atoms with E-state index in [1.54, 1.807) is 0 Å². The molecule has 0 aromatic rings. The Kier molecular flexibility index (Phi) is 5.22. The third-order valence-corrected chi connectivity index (χ3v) is 4.00. The van der Waals surface area contributed by atoms with Crippen molar-refractivity contribution in [2.24, 2.45) is 5.73 Å². The predicted molar refractivity (Wildman–Crippen MR) is 70.6 cm³/mol. The van der Waals surface area contributed by atoms with Gasteiger partial charge in [-0.2, -0.15) is 0 Å². The average molecular weight is 227 g/mol. The molecule has 96 valence electrons. The molecule has 0 spiro atoms. The van der Waals surface area contributed by atoms with Crippen LogP contribution < -0.4 is 5.73 Å². The Bertz CT molecular complexity index is 199. The van der Waals surface area contributed by atoms with Gasteiger partial charge >= 0.3 is 0 Å². The van der Waals surface area contributed by atoms with E-state index in [9.17, 15) is 0 Å². The molecule has 0 aromatic heterocycles. The topological polar surface area (TPSA) is 32.5 Å². The van der Waals surface area contributed by atoms with E-state index in [2.05, 4.69) is 37.9 Å². The van der Waals surface area contributed by atoms with E-state index in [4.69, 9.17) is 5.73 Å². The Morgan fingerprint density at radius 3 is 2.25 bits per heavy atom. The molecule has 0 radical (unpaired) electrons. The Morgan fingerprint density at radius 2 is 1.88 bits per heavy atom. The van der Waals surface area contributed by atoms with Gasteiger partial charge < -0.3 is 15.5 Å². The minimum atomic E-state index is 0.342. The summed E-state index contributed by atoms with van der Waals surface area (Å²) in [6.45, 7) is 4.40. The summed E-state index contributed by atoms with van der Waals surface area (Å²) in [7, 11) is 6.62. The zero-order valence-electron chi connectivity index (χ0n) is 11.5. The van der Waals surface area contributed by atoms with E-state index in [-0.39, 0.29) is 0 Å². The molecule has 1 aliphatic rings. The molecule has 1 rings (SSSR count).